The van der Waals surface area contributed by atoms with Crippen LogP contribution in [0, 0.1) is 5.92 Å². The molecule has 0 aliphatic carbocycles. The highest BCUT2D eigenvalue weighted by atomic mass is 79.9. The van der Waals surface area contributed by atoms with Crippen LogP contribution in [0.1, 0.15) is 34.6 Å². The van der Waals surface area contributed by atoms with Gasteiger partial charge in [0.05, 0.1) is 17.0 Å². The Morgan fingerprint density at radius 1 is 1.47 bits per heavy atom. The fourth-order valence-corrected chi connectivity index (χ4v) is 1.10. The van der Waals surface area contributed by atoms with Crippen LogP contribution in [0.25, 0.3) is 0 Å². The SMILES string of the molecule is CCOCC(NC(=O)C(C)(C)Br)C(C)C. The number of nitrogens with one attached hydrogen (secondary N) is 1. The lowest BCUT2D eigenvalue weighted by atomic mass is 10.0. The minimum absolute atomic E-state index is 0.000836. The van der Waals surface area contributed by atoms with Crippen molar-refractivity contribution in [2.45, 2.75) is 45.0 Å². The molecule has 0 fully saturated rings. The highest BCUT2D eigenvalue weighted by Gasteiger charge is 2.26. The Labute approximate surface area is 101 Å². The van der Waals surface area contributed by atoms with Crippen molar-refractivity contribution in [3.8, 4) is 0 Å². The van der Waals surface area contributed by atoms with Crippen LogP contribution in [0.2, 0.25) is 0 Å². The Kier molecular flexibility index (Phi) is 6.44. The molecule has 0 aromatic rings. The van der Waals surface area contributed by atoms with Gasteiger partial charge >= 0.3 is 0 Å². The average Bonchev–Trinajstić information content (AvgIpc) is 2.09. The second-order valence-electron chi connectivity index (χ2n) is 4.46. The molecule has 1 unspecified atom stereocenters. The van der Waals surface area contributed by atoms with Gasteiger partial charge in [0.2, 0.25) is 5.91 Å². The lowest BCUT2D eigenvalue weighted by Crippen LogP contribution is -2.47. The van der Waals surface area contributed by atoms with Gasteiger partial charge in [-0.25, -0.2) is 0 Å². The van der Waals surface area contributed by atoms with Crippen LogP contribution in [0.5, 0.6) is 0 Å². The molecule has 90 valence electrons. The number of hydrogen-bond acceptors (Lipinski definition) is 2. The molecule has 0 bridgehead atoms. The second-order valence-corrected chi connectivity index (χ2v) is 6.44. The third-order valence-corrected chi connectivity index (χ3v) is 2.52. The molecule has 0 spiro atoms. The van der Waals surface area contributed by atoms with E-state index >= 15 is 0 Å². The minimum atomic E-state index is -0.521. The van der Waals surface area contributed by atoms with E-state index in [4.69, 9.17) is 4.74 Å². The standard InChI is InChI=1S/C11H22BrNO2/c1-6-15-7-9(8(2)3)13-10(14)11(4,5)12/h8-9H,6-7H2,1-5H3,(H,13,14). The summed E-state index contributed by atoms with van der Waals surface area (Å²) < 4.78 is 4.82. The maximum absolute atomic E-state index is 11.7. The number of carbonyl (C=O) groups is 1. The van der Waals surface area contributed by atoms with Gasteiger partial charge in [-0.2, -0.15) is 0 Å². The normalized spacial score (nSPS) is 14.1. The van der Waals surface area contributed by atoms with Gasteiger partial charge in [-0.1, -0.05) is 29.8 Å². The summed E-state index contributed by atoms with van der Waals surface area (Å²) in [7, 11) is 0. The zero-order valence-electron chi connectivity index (χ0n) is 10.3. The first-order chi connectivity index (χ1) is 6.79. The van der Waals surface area contributed by atoms with E-state index in [0.717, 1.165) is 0 Å². The van der Waals surface area contributed by atoms with Gasteiger partial charge in [0.1, 0.15) is 0 Å². The fourth-order valence-electron chi connectivity index (χ4n) is 0.986. The summed E-state index contributed by atoms with van der Waals surface area (Å²) >= 11 is 3.34. The van der Waals surface area contributed by atoms with Crippen molar-refractivity contribution in [3.63, 3.8) is 0 Å². The zero-order chi connectivity index (χ0) is 12.1. The molecule has 0 rings (SSSR count). The summed E-state index contributed by atoms with van der Waals surface area (Å²) in [5.74, 6) is 0.372. The fraction of sp³-hybridized carbons (Fsp3) is 0.909. The van der Waals surface area contributed by atoms with E-state index < -0.39 is 4.32 Å². The number of carbonyl (C=O) groups excluding carboxylic acids is 1. The quantitative estimate of drug-likeness (QED) is 0.758. The van der Waals surface area contributed by atoms with Crippen molar-refractivity contribution in [1.29, 1.82) is 0 Å². The molecule has 0 heterocycles. The van der Waals surface area contributed by atoms with Crippen molar-refractivity contribution in [2.75, 3.05) is 13.2 Å². The first-order valence-corrected chi connectivity index (χ1v) is 6.16. The van der Waals surface area contributed by atoms with Gasteiger partial charge in [-0.3, -0.25) is 4.79 Å². The summed E-state index contributed by atoms with van der Waals surface area (Å²) in [4.78, 5) is 11.7. The maximum Gasteiger partial charge on any atom is 0.236 e. The number of rotatable bonds is 6. The first kappa shape index (κ1) is 14.9. The molecule has 0 radical (unpaired) electrons. The van der Waals surface area contributed by atoms with E-state index in [1.807, 2.05) is 20.8 Å². The van der Waals surface area contributed by atoms with Gasteiger partial charge in [0.15, 0.2) is 0 Å². The van der Waals surface area contributed by atoms with Crippen LogP contribution in [0.4, 0.5) is 0 Å². The van der Waals surface area contributed by atoms with Crippen LogP contribution in [-0.2, 0) is 9.53 Å². The van der Waals surface area contributed by atoms with Crippen molar-refractivity contribution in [1.82, 2.24) is 5.32 Å². The molecule has 1 N–H and O–H groups in total. The molecule has 4 heteroatoms. The predicted molar refractivity (Wildman–Crippen MR) is 66.3 cm³/mol. The molecule has 0 saturated heterocycles. The molecule has 15 heavy (non-hydrogen) atoms. The number of alkyl halides is 1. The second kappa shape index (κ2) is 6.48. The van der Waals surface area contributed by atoms with Crippen LogP contribution in [0.3, 0.4) is 0 Å². The molecule has 0 aromatic carbocycles. The maximum atomic E-state index is 11.7. The van der Waals surface area contributed by atoms with Gasteiger partial charge in [0, 0.05) is 6.61 Å². The molecule has 0 saturated carbocycles. The highest BCUT2D eigenvalue weighted by Crippen LogP contribution is 2.16. The van der Waals surface area contributed by atoms with E-state index in [1.54, 1.807) is 0 Å². The smallest absolute Gasteiger partial charge is 0.236 e. The van der Waals surface area contributed by atoms with Crippen LogP contribution in [0.15, 0.2) is 0 Å². The Bertz CT molecular complexity index is 199. The van der Waals surface area contributed by atoms with Crippen molar-refractivity contribution in [2.24, 2.45) is 5.92 Å². The highest BCUT2D eigenvalue weighted by molar-refractivity contribution is 9.10. The van der Waals surface area contributed by atoms with Crippen molar-refractivity contribution >= 4 is 21.8 Å². The van der Waals surface area contributed by atoms with Gasteiger partial charge in [0.25, 0.3) is 0 Å². The summed E-state index contributed by atoms with van der Waals surface area (Å²) in [6, 6.07) is 0.0780. The molecule has 1 atom stereocenters. The molecule has 0 aliphatic heterocycles. The van der Waals surface area contributed by atoms with Crippen molar-refractivity contribution < 1.29 is 9.53 Å². The van der Waals surface area contributed by atoms with Gasteiger partial charge in [-0.15, -0.1) is 0 Å². The summed E-state index contributed by atoms with van der Waals surface area (Å²) in [6.07, 6.45) is 0. The predicted octanol–water partition coefficient (Wildman–Crippen LogP) is 2.34. The van der Waals surface area contributed by atoms with E-state index in [1.165, 1.54) is 0 Å². The Morgan fingerprint density at radius 3 is 2.33 bits per heavy atom. The Balaban J connectivity index is 4.23. The minimum Gasteiger partial charge on any atom is -0.380 e. The third-order valence-electron chi connectivity index (χ3n) is 2.16. The number of ether oxygens (including phenoxy) is 1. The van der Waals surface area contributed by atoms with Crippen molar-refractivity contribution in [3.05, 3.63) is 0 Å². The molecule has 3 nitrogen and oxygen atoms in total. The first-order valence-electron chi connectivity index (χ1n) is 5.36. The van der Waals surface area contributed by atoms with Crippen LogP contribution < -0.4 is 5.32 Å². The van der Waals surface area contributed by atoms with E-state index in [-0.39, 0.29) is 11.9 Å². The Hall–Kier alpha value is -0.0900. The Morgan fingerprint density at radius 2 is 2.00 bits per heavy atom. The number of hydrogen-bond donors (Lipinski definition) is 1. The van der Waals surface area contributed by atoms with Crippen LogP contribution >= 0.6 is 15.9 Å². The van der Waals surface area contributed by atoms with Crippen LogP contribution in [-0.4, -0.2) is 29.5 Å². The lowest BCUT2D eigenvalue weighted by Gasteiger charge is -2.25. The summed E-state index contributed by atoms with van der Waals surface area (Å²) in [6.45, 7) is 11.0. The lowest BCUT2D eigenvalue weighted by molar-refractivity contribution is -0.124. The topological polar surface area (TPSA) is 38.3 Å². The third kappa shape index (κ3) is 6.15. The monoisotopic (exact) mass is 279 g/mol. The van der Waals surface area contributed by atoms with Gasteiger partial charge < -0.3 is 10.1 Å². The molecule has 1 amide bonds. The molecule has 0 aromatic heterocycles. The van der Waals surface area contributed by atoms with E-state index in [2.05, 4.69) is 35.1 Å². The van der Waals surface area contributed by atoms with E-state index in [9.17, 15) is 4.79 Å². The largest absolute Gasteiger partial charge is 0.380 e. The molecule has 0 aliphatic rings. The van der Waals surface area contributed by atoms with E-state index in [0.29, 0.717) is 19.1 Å². The van der Waals surface area contributed by atoms with Gasteiger partial charge in [-0.05, 0) is 26.7 Å². The zero-order valence-corrected chi connectivity index (χ0v) is 11.8. The number of amides is 1. The summed E-state index contributed by atoms with van der Waals surface area (Å²) in [5.41, 5.74) is 0. The molecular weight excluding hydrogens is 258 g/mol. The number of halogens is 1. The average molecular weight is 280 g/mol. The molecular formula is C11H22BrNO2. The summed E-state index contributed by atoms with van der Waals surface area (Å²) in [5, 5.41) is 2.98.